The van der Waals surface area contributed by atoms with Gasteiger partial charge >= 0.3 is 0 Å². The molecule has 0 fully saturated rings. The minimum Gasteiger partial charge on any atom is -0.489 e. The van der Waals surface area contributed by atoms with Gasteiger partial charge in [0.15, 0.2) is 0 Å². The Morgan fingerprint density at radius 1 is 1.22 bits per heavy atom. The lowest BCUT2D eigenvalue weighted by molar-refractivity contribution is 0.305. The lowest BCUT2D eigenvalue weighted by Gasteiger charge is -2.09. The normalized spacial score (nSPS) is 10.4. The molecule has 0 amide bonds. The van der Waals surface area contributed by atoms with E-state index in [9.17, 15) is 4.39 Å². The molecule has 0 aliphatic rings. The Hall–Kier alpha value is -1.74. The molecule has 2 aromatic rings. The second-order valence-electron chi connectivity index (χ2n) is 4.05. The van der Waals surface area contributed by atoms with Crippen LogP contribution in [0, 0.1) is 12.7 Å². The van der Waals surface area contributed by atoms with Gasteiger partial charge in [0.25, 0.3) is 0 Å². The smallest absolute Gasteiger partial charge is 0.126 e. The molecular formula is C14H13ClFNO. The molecule has 4 heteroatoms. The summed E-state index contributed by atoms with van der Waals surface area (Å²) in [4.78, 5) is 0. The topological polar surface area (TPSA) is 35.2 Å². The van der Waals surface area contributed by atoms with Crippen LogP contribution in [-0.4, -0.2) is 0 Å². The Morgan fingerprint density at radius 3 is 2.67 bits per heavy atom. The molecule has 0 bridgehead atoms. The van der Waals surface area contributed by atoms with Gasteiger partial charge < -0.3 is 10.5 Å². The molecule has 0 spiro atoms. The van der Waals surface area contributed by atoms with Crippen molar-refractivity contribution in [1.82, 2.24) is 0 Å². The van der Waals surface area contributed by atoms with Gasteiger partial charge in [-0.05, 0) is 42.8 Å². The molecule has 0 saturated carbocycles. The van der Waals surface area contributed by atoms with Crippen molar-refractivity contribution in [2.24, 2.45) is 0 Å². The molecule has 0 heterocycles. The van der Waals surface area contributed by atoms with Crippen molar-refractivity contribution >= 4 is 17.3 Å². The number of nitrogen functional groups attached to an aromatic ring is 1. The number of aryl methyl sites for hydroxylation is 1. The molecule has 2 aromatic carbocycles. The second-order valence-corrected chi connectivity index (χ2v) is 4.46. The Balaban J connectivity index is 2.09. The Bertz CT molecular complexity index is 572. The van der Waals surface area contributed by atoms with Crippen LogP contribution in [-0.2, 0) is 6.61 Å². The Morgan fingerprint density at radius 2 is 2.00 bits per heavy atom. The summed E-state index contributed by atoms with van der Waals surface area (Å²) in [7, 11) is 0. The molecule has 0 saturated heterocycles. The third kappa shape index (κ3) is 2.93. The van der Waals surface area contributed by atoms with Crippen LogP contribution in [0.25, 0.3) is 0 Å². The summed E-state index contributed by atoms with van der Waals surface area (Å²) in [5.74, 6) is 0.370. The van der Waals surface area contributed by atoms with E-state index in [4.69, 9.17) is 22.1 Å². The average molecular weight is 266 g/mol. The zero-order chi connectivity index (χ0) is 13.1. The van der Waals surface area contributed by atoms with E-state index in [0.717, 1.165) is 5.56 Å². The van der Waals surface area contributed by atoms with E-state index >= 15 is 0 Å². The lowest BCUT2D eigenvalue weighted by Crippen LogP contribution is -1.98. The van der Waals surface area contributed by atoms with Gasteiger partial charge in [-0.1, -0.05) is 17.7 Å². The van der Waals surface area contributed by atoms with E-state index in [1.807, 2.05) is 6.07 Å². The fourth-order valence-electron chi connectivity index (χ4n) is 1.55. The first kappa shape index (κ1) is 12.7. The average Bonchev–Trinajstić information content (AvgIpc) is 2.32. The minimum absolute atomic E-state index is 0.243. The first-order chi connectivity index (χ1) is 8.56. The van der Waals surface area contributed by atoms with E-state index in [0.29, 0.717) is 28.6 Å². The molecule has 0 atom stereocenters. The number of benzene rings is 2. The summed E-state index contributed by atoms with van der Waals surface area (Å²) >= 11 is 6.03. The molecule has 0 radical (unpaired) electrons. The third-order valence-electron chi connectivity index (χ3n) is 2.60. The fraction of sp³-hybridized carbons (Fsp3) is 0.143. The summed E-state index contributed by atoms with van der Waals surface area (Å²) < 4.78 is 18.6. The molecule has 94 valence electrons. The molecule has 2 nitrogen and oxygen atoms in total. The van der Waals surface area contributed by atoms with Crippen molar-refractivity contribution < 1.29 is 9.13 Å². The van der Waals surface area contributed by atoms with Crippen molar-refractivity contribution in [3.8, 4) is 5.75 Å². The van der Waals surface area contributed by atoms with Gasteiger partial charge in [-0.2, -0.15) is 0 Å². The van der Waals surface area contributed by atoms with Crippen molar-refractivity contribution in [1.29, 1.82) is 0 Å². The maximum Gasteiger partial charge on any atom is 0.126 e. The monoisotopic (exact) mass is 265 g/mol. The molecule has 2 N–H and O–H groups in total. The van der Waals surface area contributed by atoms with E-state index in [-0.39, 0.29) is 5.82 Å². The van der Waals surface area contributed by atoms with E-state index in [1.54, 1.807) is 31.2 Å². The van der Waals surface area contributed by atoms with Crippen LogP contribution < -0.4 is 10.5 Å². The van der Waals surface area contributed by atoms with Crippen molar-refractivity contribution in [3.05, 3.63) is 58.4 Å². The number of anilines is 1. The van der Waals surface area contributed by atoms with Gasteiger partial charge in [0, 0.05) is 16.3 Å². The maximum absolute atomic E-state index is 13.1. The highest BCUT2D eigenvalue weighted by atomic mass is 35.5. The predicted molar refractivity (Wildman–Crippen MR) is 71.3 cm³/mol. The standard InChI is InChI=1S/C14H13ClFNO/c1-9-6-12(4-5-14(9)16)18-8-10-2-3-11(17)7-13(10)15/h2-7H,8,17H2,1H3. The second kappa shape index (κ2) is 5.27. The first-order valence-electron chi connectivity index (χ1n) is 5.49. The van der Waals surface area contributed by atoms with Crippen LogP contribution in [0.4, 0.5) is 10.1 Å². The van der Waals surface area contributed by atoms with Crippen molar-refractivity contribution in [2.45, 2.75) is 13.5 Å². The summed E-state index contributed by atoms with van der Waals surface area (Å²) in [6, 6.07) is 9.88. The highest BCUT2D eigenvalue weighted by Gasteiger charge is 2.03. The highest BCUT2D eigenvalue weighted by Crippen LogP contribution is 2.22. The quantitative estimate of drug-likeness (QED) is 0.853. The fourth-order valence-corrected chi connectivity index (χ4v) is 1.79. The van der Waals surface area contributed by atoms with E-state index < -0.39 is 0 Å². The summed E-state index contributed by atoms with van der Waals surface area (Å²) in [5, 5.41) is 0.564. The summed E-state index contributed by atoms with van der Waals surface area (Å²) in [6.45, 7) is 2.02. The molecule has 0 aromatic heterocycles. The van der Waals surface area contributed by atoms with Crippen LogP contribution in [0.3, 0.4) is 0 Å². The molecular weight excluding hydrogens is 253 g/mol. The number of halogens is 2. The van der Waals surface area contributed by atoms with E-state index in [2.05, 4.69) is 0 Å². The number of hydrogen-bond acceptors (Lipinski definition) is 2. The first-order valence-corrected chi connectivity index (χ1v) is 5.87. The molecule has 18 heavy (non-hydrogen) atoms. The van der Waals surface area contributed by atoms with Gasteiger partial charge in [-0.25, -0.2) is 4.39 Å². The molecule has 2 rings (SSSR count). The summed E-state index contributed by atoms with van der Waals surface area (Å²) in [6.07, 6.45) is 0. The van der Waals surface area contributed by atoms with Crippen molar-refractivity contribution in [2.75, 3.05) is 5.73 Å². The van der Waals surface area contributed by atoms with Crippen LogP contribution in [0.2, 0.25) is 5.02 Å². The maximum atomic E-state index is 13.1. The number of hydrogen-bond donors (Lipinski definition) is 1. The van der Waals surface area contributed by atoms with Gasteiger partial charge in [0.05, 0.1) is 0 Å². The molecule has 0 unspecified atom stereocenters. The SMILES string of the molecule is Cc1cc(OCc2ccc(N)cc2Cl)ccc1F. The molecule has 0 aliphatic heterocycles. The minimum atomic E-state index is -0.243. The third-order valence-corrected chi connectivity index (χ3v) is 2.95. The number of nitrogens with two attached hydrogens (primary N) is 1. The van der Waals surface area contributed by atoms with Gasteiger partial charge in [-0.15, -0.1) is 0 Å². The van der Waals surface area contributed by atoms with Crippen LogP contribution in [0.5, 0.6) is 5.75 Å². The summed E-state index contributed by atoms with van der Waals surface area (Å²) in [5.41, 5.74) is 7.61. The zero-order valence-corrected chi connectivity index (χ0v) is 10.7. The largest absolute Gasteiger partial charge is 0.489 e. The Kier molecular flexibility index (Phi) is 3.72. The van der Waals surface area contributed by atoms with Crippen LogP contribution in [0.15, 0.2) is 36.4 Å². The predicted octanol–water partition coefficient (Wildman–Crippen LogP) is 3.95. The van der Waals surface area contributed by atoms with Gasteiger partial charge in [0.1, 0.15) is 18.2 Å². The van der Waals surface area contributed by atoms with E-state index in [1.165, 1.54) is 6.07 Å². The van der Waals surface area contributed by atoms with Gasteiger partial charge in [-0.3, -0.25) is 0 Å². The van der Waals surface area contributed by atoms with Crippen LogP contribution >= 0.6 is 11.6 Å². The Labute approximate surface area is 110 Å². The van der Waals surface area contributed by atoms with Gasteiger partial charge in [0.2, 0.25) is 0 Å². The number of ether oxygens (including phenoxy) is 1. The highest BCUT2D eigenvalue weighted by molar-refractivity contribution is 6.31. The lowest BCUT2D eigenvalue weighted by atomic mass is 10.2. The van der Waals surface area contributed by atoms with Crippen molar-refractivity contribution in [3.63, 3.8) is 0 Å². The zero-order valence-electron chi connectivity index (χ0n) is 9.91. The number of rotatable bonds is 3. The molecule has 0 aliphatic carbocycles. The van der Waals surface area contributed by atoms with Crippen LogP contribution in [0.1, 0.15) is 11.1 Å².